The predicted molar refractivity (Wildman–Crippen MR) is 102 cm³/mol. The summed E-state index contributed by atoms with van der Waals surface area (Å²) in [6.07, 6.45) is 6.01. The maximum absolute atomic E-state index is 11.6. The molecule has 0 bridgehead atoms. The van der Waals surface area contributed by atoms with Gasteiger partial charge in [-0.2, -0.15) is 0 Å². The lowest BCUT2D eigenvalue weighted by Gasteiger charge is -2.15. The van der Waals surface area contributed by atoms with Gasteiger partial charge < -0.3 is 28.4 Å². The minimum absolute atomic E-state index is 0.0453. The normalized spacial score (nSPS) is 9.93. The van der Waals surface area contributed by atoms with E-state index in [-0.39, 0.29) is 26.1 Å². The zero-order chi connectivity index (χ0) is 21.0. The van der Waals surface area contributed by atoms with Crippen LogP contribution in [0.3, 0.4) is 0 Å². The molecule has 0 saturated heterocycles. The second-order valence-corrected chi connectivity index (χ2v) is 5.30. The van der Waals surface area contributed by atoms with Crippen LogP contribution in [0.2, 0.25) is 0 Å². The summed E-state index contributed by atoms with van der Waals surface area (Å²) in [4.78, 5) is 23.3. The molecule has 28 heavy (non-hydrogen) atoms. The zero-order valence-corrected chi connectivity index (χ0v) is 16.2. The van der Waals surface area contributed by atoms with E-state index < -0.39 is 24.5 Å². The highest BCUT2D eigenvalue weighted by atomic mass is 16.7. The lowest BCUT2D eigenvalue weighted by molar-refractivity contribution is -0.151. The van der Waals surface area contributed by atoms with E-state index in [1.807, 2.05) is 0 Å². The molecule has 0 amide bonds. The van der Waals surface area contributed by atoms with Gasteiger partial charge in [-0.3, -0.25) is 9.59 Å². The maximum atomic E-state index is 11.6. The lowest BCUT2D eigenvalue weighted by Crippen LogP contribution is -2.15. The Morgan fingerprint density at radius 2 is 0.964 bits per heavy atom. The third-order valence-corrected chi connectivity index (χ3v) is 3.22. The second kappa shape index (κ2) is 17.5. The molecule has 0 heterocycles. The number of hydrogen-bond donors (Lipinski definition) is 0. The van der Waals surface area contributed by atoms with Crippen molar-refractivity contribution in [3.8, 4) is 0 Å². The van der Waals surface area contributed by atoms with E-state index in [1.165, 1.54) is 25.0 Å². The molecule has 0 aliphatic heterocycles. The van der Waals surface area contributed by atoms with Crippen LogP contribution in [0.15, 0.2) is 51.4 Å². The molecule has 0 aromatic heterocycles. The van der Waals surface area contributed by atoms with Crippen LogP contribution in [0, 0.1) is 0 Å². The van der Waals surface area contributed by atoms with Gasteiger partial charge in [-0.15, -0.1) is 0 Å². The average Bonchev–Trinajstić information content (AvgIpc) is 2.67. The van der Waals surface area contributed by atoms with Crippen LogP contribution in [0.5, 0.6) is 0 Å². The Morgan fingerprint density at radius 1 is 0.643 bits per heavy atom. The van der Waals surface area contributed by atoms with Gasteiger partial charge in [0.25, 0.3) is 0 Å². The summed E-state index contributed by atoms with van der Waals surface area (Å²) in [5.41, 5.74) is 0. The molecule has 0 unspecified atom stereocenters. The van der Waals surface area contributed by atoms with E-state index in [1.54, 1.807) is 0 Å². The van der Waals surface area contributed by atoms with Crippen molar-refractivity contribution in [2.75, 3.05) is 13.2 Å². The molecule has 0 aliphatic carbocycles. The van der Waals surface area contributed by atoms with E-state index in [0.29, 0.717) is 25.7 Å². The van der Waals surface area contributed by atoms with Crippen molar-refractivity contribution in [1.82, 2.24) is 0 Å². The van der Waals surface area contributed by atoms with Crippen LogP contribution in [-0.4, -0.2) is 37.7 Å². The van der Waals surface area contributed by atoms with Crippen LogP contribution in [0.25, 0.3) is 0 Å². The molecule has 0 spiro atoms. The van der Waals surface area contributed by atoms with Crippen molar-refractivity contribution < 1.29 is 38.0 Å². The SMILES string of the molecule is C=COC(CCCOC(=O)CCC(=O)OCCCC(OC=C)OC=C)OC=C. The first-order valence-corrected chi connectivity index (χ1v) is 8.94. The molecule has 0 radical (unpaired) electrons. The number of carbonyl (C=O) groups excluding carboxylic acids is 2. The van der Waals surface area contributed by atoms with Gasteiger partial charge in [0.15, 0.2) is 0 Å². The Labute approximate surface area is 166 Å². The molecule has 0 aromatic carbocycles. The van der Waals surface area contributed by atoms with E-state index >= 15 is 0 Å². The molecular weight excluding hydrogens is 368 g/mol. The molecule has 0 atom stereocenters. The molecule has 0 fully saturated rings. The molecule has 0 N–H and O–H groups in total. The first-order chi connectivity index (χ1) is 13.6. The topological polar surface area (TPSA) is 89.5 Å². The summed E-state index contributed by atoms with van der Waals surface area (Å²) in [7, 11) is 0. The highest BCUT2D eigenvalue weighted by Gasteiger charge is 2.12. The second-order valence-electron chi connectivity index (χ2n) is 5.30. The van der Waals surface area contributed by atoms with Gasteiger partial charge in [-0.1, -0.05) is 26.3 Å². The standard InChI is InChI=1S/C20H30O8/c1-5-23-19(24-6-2)11-9-15-27-17(21)13-14-18(22)28-16-10-12-20(25-7-3)26-8-4/h5-8,19-20H,1-4,9-16H2. The fourth-order valence-corrected chi connectivity index (χ4v) is 1.99. The summed E-state index contributed by atoms with van der Waals surface area (Å²) in [5.74, 6) is -0.941. The van der Waals surface area contributed by atoms with E-state index in [9.17, 15) is 9.59 Å². The number of hydrogen-bond acceptors (Lipinski definition) is 8. The van der Waals surface area contributed by atoms with E-state index in [4.69, 9.17) is 28.4 Å². The quantitative estimate of drug-likeness (QED) is 0.141. The number of esters is 2. The average molecular weight is 398 g/mol. The molecule has 8 heteroatoms. The third-order valence-electron chi connectivity index (χ3n) is 3.22. The Kier molecular flexibility index (Phi) is 15.7. The highest BCUT2D eigenvalue weighted by Crippen LogP contribution is 2.07. The minimum Gasteiger partial charge on any atom is -0.466 e. The Hall–Kier alpha value is -2.90. The summed E-state index contributed by atoms with van der Waals surface area (Å²) in [6.45, 7) is 14.2. The zero-order valence-electron chi connectivity index (χ0n) is 16.2. The minimum atomic E-state index is -0.517. The van der Waals surface area contributed by atoms with Crippen molar-refractivity contribution in [2.24, 2.45) is 0 Å². The van der Waals surface area contributed by atoms with Crippen molar-refractivity contribution in [3.05, 3.63) is 51.4 Å². The number of rotatable bonds is 19. The van der Waals surface area contributed by atoms with Gasteiger partial charge in [-0.25, -0.2) is 0 Å². The molecule has 0 saturated carbocycles. The van der Waals surface area contributed by atoms with E-state index in [2.05, 4.69) is 26.3 Å². The van der Waals surface area contributed by atoms with Gasteiger partial charge in [0.2, 0.25) is 12.6 Å². The van der Waals surface area contributed by atoms with Crippen LogP contribution >= 0.6 is 0 Å². The van der Waals surface area contributed by atoms with Gasteiger partial charge >= 0.3 is 11.9 Å². The summed E-state index contributed by atoms with van der Waals surface area (Å²) in [6, 6.07) is 0. The molecule has 0 rings (SSSR count). The first-order valence-electron chi connectivity index (χ1n) is 8.94. The van der Waals surface area contributed by atoms with Crippen LogP contribution in [0.1, 0.15) is 38.5 Å². The summed E-state index contributed by atoms with van der Waals surface area (Å²) in [5, 5.41) is 0. The van der Waals surface area contributed by atoms with Crippen molar-refractivity contribution in [3.63, 3.8) is 0 Å². The Bertz CT molecular complexity index is 425. The van der Waals surface area contributed by atoms with Gasteiger partial charge in [-0.05, 0) is 12.8 Å². The molecule has 0 aromatic rings. The number of carbonyl (C=O) groups is 2. The lowest BCUT2D eigenvalue weighted by atomic mass is 10.3. The molecule has 158 valence electrons. The smallest absolute Gasteiger partial charge is 0.306 e. The number of ether oxygens (including phenoxy) is 6. The van der Waals surface area contributed by atoms with Crippen LogP contribution in [-0.2, 0) is 38.0 Å². The monoisotopic (exact) mass is 398 g/mol. The van der Waals surface area contributed by atoms with Crippen molar-refractivity contribution in [2.45, 2.75) is 51.1 Å². The van der Waals surface area contributed by atoms with Crippen LogP contribution in [0.4, 0.5) is 0 Å². The Morgan fingerprint density at radius 3 is 1.25 bits per heavy atom. The van der Waals surface area contributed by atoms with Gasteiger partial charge in [0.1, 0.15) is 0 Å². The third kappa shape index (κ3) is 14.3. The highest BCUT2D eigenvalue weighted by molar-refractivity contribution is 5.77. The predicted octanol–water partition coefficient (Wildman–Crippen LogP) is 3.71. The van der Waals surface area contributed by atoms with Crippen molar-refractivity contribution in [1.29, 1.82) is 0 Å². The fourth-order valence-electron chi connectivity index (χ4n) is 1.99. The molecule has 0 aliphatic rings. The van der Waals surface area contributed by atoms with Crippen LogP contribution < -0.4 is 0 Å². The van der Waals surface area contributed by atoms with Gasteiger partial charge in [0.05, 0.1) is 51.1 Å². The maximum Gasteiger partial charge on any atom is 0.306 e. The summed E-state index contributed by atoms with van der Waals surface area (Å²) >= 11 is 0. The first kappa shape index (κ1) is 25.1. The fraction of sp³-hybridized carbons (Fsp3) is 0.500. The van der Waals surface area contributed by atoms with Gasteiger partial charge in [0, 0.05) is 12.8 Å². The van der Waals surface area contributed by atoms with Crippen molar-refractivity contribution >= 4 is 11.9 Å². The summed E-state index contributed by atoms with van der Waals surface area (Å²) < 4.78 is 30.5. The Balaban J connectivity index is 3.78. The molecular formula is C20H30O8. The largest absolute Gasteiger partial charge is 0.466 e. The van der Waals surface area contributed by atoms with E-state index in [0.717, 1.165) is 0 Å². The molecule has 8 nitrogen and oxygen atoms in total.